The van der Waals surface area contributed by atoms with E-state index >= 15 is 0 Å². The minimum atomic E-state index is -0.0552. The largest absolute Gasteiger partial charge is 0.369 e. The van der Waals surface area contributed by atoms with Crippen LogP contribution < -0.4 is 15.5 Å². The summed E-state index contributed by atoms with van der Waals surface area (Å²) < 4.78 is 0. The van der Waals surface area contributed by atoms with E-state index in [1.807, 2.05) is 36.4 Å². The molecule has 1 fully saturated rings. The number of carbonyl (C=O) groups excluding carboxylic acids is 1. The lowest BCUT2D eigenvalue weighted by Crippen LogP contribution is -2.44. The van der Waals surface area contributed by atoms with Gasteiger partial charge in [0.25, 0.3) is 0 Å². The lowest BCUT2D eigenvalue weighted by atomic mass is 10.1. The highest BCUT2D eigenvalue weighted by atomic mass is 35.5. The highest BCUT2D eigenvalue weighted by Gasteiger charge is 2.14. The van der Waals surface area contributed by atoms with Crippen LogP contribution in [0.3, 0.4) is 0 Å². The molecule has 1 saturated heterocycles. The van der Waals surface area contributed by atoms with Crippen LogP contribution in [0.15, 0.2) is 67.4 Å². The number of para-hydroxylation sites is 1. The molecule has 0 amide bonds. The quantitative estimate of drug-likeness (QED) is 0.471. The van der Waals surface area contributed by atoms with Gasteiger partial charge in [0, 0.05) is 49.7 Å². The Morgan fingerprint density at radius 1 is 1.09 bits per heavy atom. The maximum atomic E-state index is 11.8. The van der Waals surface area contributed by atoms with Crippen molar-refractivity contribution in [3.05, 3.63) is 78.0 Å². The molecule has 0 saturated carbocycles. The first kappa shape index (κ1) is 22.8. The van der Waals surface area contributed by atoms with E-state index in [-0.39, 0.29) is 12.2 Å². The van der Waals surface area contributed by atoms with Gasteiger partial charge >= 0.3 is 0 Å². The number of aromatic nitrogens is 2. The van der Waals surface area contributed by atoms with Crippen molar-refractivity contribution in [2.45, 2.75) is 6.42 Å². The topological polar surface area (TPSA) is 73.4 Å². The molecule has 0 atom stereocenters. The normalized spacial score (nSPS) is 14.1. The number of nitrogens with zero attached hydrogens (tertiary/aromatic N) is 4. The standard InChI is InChI=1S/C25H27ClN6O/c1-3-21(33)16-18-6-4-5-7-23(18)29-24-22(26)17-27-25(30-24)28-19-8-10-20(11-9-19)32-14-12-31(2)13-15-32/h3-11,17H,1,12-16H2,2H3,(H2,27,28,29,30). The second-order valence-electron chi connectivity index (χ2n) is 7.98. The number of ketones is 1. The number of carbonyl (C=O) groups is 1. The summed E-state index contributed by atoms with van der Waals surface area (Å²) in [6.07, 6.45) is 3.13. The van der Waals surface area contributed by atoms with Crippen molar-refractivity contribution in [3.63, 3.8) is 0 Å². The molecule has 0 aliphatic carbocycles. The Morgan fingerprint density at radius 3 is 2.55 bits per heavy atom. The zero-order valence-electron chi connectivity index (χ0n) is 18.6. The van der Waals surface area contributed by atoms with Gasteiger partial charge in [-0.1, -0.05) is 36.4 Å². The van der Waals surface area contributed by atoms with Crippen LogP contribution in [-0.2, 0) is 11.2 Å². The molecule has 170 valence electrons. The summed E-state index contributed by atoms with van der Waals surface area (Å²) in [5.41, 5.74) is 3.69. The third-order valence-corrected chi connectivity index (χ3v) is 5.88. The predicted molar refractivity (Wildman–Crippen MR) is 135 cm³/mol. The number of halogens is 1. The molecule has 0 radical (unpaired) electrons. The Labute approximate surface area is 199 Å². The van der Waals surface area contributed by atoms with E-state index < -0.39 is 0 Å². The van der Waals surface area contributed by atoms with E-state index in [1.165, 1.54) is 11.8 Å². The fraction of sp³-hybridized carbons (Fsp3) is 0.240. The van der Waals surface area contributed by atoms with Crippen LogP contribution in [0, 0.1) is 0 Å². The van der Waals surface area contributed by atoms with Gasteiger partial charge in [0.1, 0.15) is 5.02 Å². The molecule has 7 nitrogen and oxygen atoms in total. The number of allylic oxidation sites excluding steroid dienone is 1. The molecule has 33 heavy (non-hydrogen) atoms. The van der Waals surface area contributed by atoms with Gasteiger partial charge in [-0.3, -0.25) is 4.79 Å². The van der Waals surface area contributed by atoms with E-state index in [1.54, 1.807) is 6.20 Å². The molecular weight excluding hydrogens is 436 g/mol. The van der Waals surface area contributed by atoms with Gasteiger partial charge in [0.2, 0.25) is 5.95 Å². The second-order valence-corrected chi connectivity index (χ2v) is 8.39. The van der Waals surface area contributed by atoms with Crippen LogP contribution in [0.4, 0.5) is 28.8 Å². The lowest BCUT2D eigenvalue weighted by Gasteiger charge is -2.34. The number of nitrogens with one attached hydrogen (secondary N) is 2. The van der Waals surface area contributed by atoms with Crippen molar-refractivity contribution in [2.24, 2.45) is 0 Å². The van der Waals surface area contributed by atoms with Crippen LogP contribution in [0.1, 0.15) is 5.56 Å². The van der Waals surface area contributed by atoms with Gasteiger partial charge in [0.15, 0.2) is 11.6 Å². The first-order chi connectivity index (χ1) is 16.0. The fourth-order valence-electron chi connectivity index (χ4n) is 3.65. The molecule has 1 aliphatic heterocycles. The van der Waals surface area contributed by atoms with Gasteiger partial charge in [-0.25, -0.2) is 4.98 Å². The highest BCUT2D eigenvalue weighted by Crippen LogP contribution is 2.27. The summed E-state index contributed by atoms with van der Waals surface area (Å²) in [5.74, 6) is 0.830. The Hall–Kier alpha value is -3.42. The molecule has 4 rings (SSSR count). The van der Waals surface area contributed by atoms with Crippen molar-refractivity contribution in [3.8, 4) is 0 Å². The average molecular weight is 463 g/mol. The number of hydrogen-bond donors (Lipinski definition) is 2. The van der Waals surface area contributed by atoms with Crippen LogP contribution >= 0.6 is 11.6 Å². The first-order valence-corrected chi connectivity index (χ1v) is 11.2. The number of rotatable bonds is 8. The number of likely N-dealkylation sites (N-methyl/N-ethyl adjacent to an activating group) is 1. The van der Waals surface area contributed by atoms with Crippen LogP contribution in [0.5, 0.6) is 0 Å². The van der Waals surface area contributed by atoms with E-state index in [0.717, 1.165) is 43.1 Å². The Bertz CT molecular complexity index is 1130. The summed E-state index contributed by atoms with van der Waals surface area (Å²) in [6, 6.07) is 15.8. The molecule has 0 bridgehead atoms. The summed E-state index contributed by atoms with van der Waals surface area (Å²) >= 11 is 6.34. The van der Waals surface area contributed by atoms with E-state index in [0.29, 0.717) is 16.8 Å². The van der Waals surface area contributed by atoms with Crippen molar-refractivity contribution in [2.75, 3.05) is 48.8 Å². The smallest absolute Gasteiger partial charge is 0.229 e. The summed E-state index contributed by atoms with van der Waals surface area (Å²) in [5, 5.41) is 6.85. The number of benzene rings is 2. The number of anilines is 5. The molecule has 2 N–H and O–H groups in total. The molecule has 0 unspecified atom stereocenters. The molecule has 2 aromatic carbocycles. The molecule has 8 heteroatoms. The number of piperazine rings is 1. The molecule has 0 spiro atoms. The zero-order chi connectivity index (χ0) is 23.2. The van der Waals surface area contributed by atoms with Crippen molar-refractivity contribution < 1.29 is 4.79 Å². The van der Waals surface area contributed by atoms with Crippen molar-refractivity contribution in [1.82, 2.24) is 14.9 Å². The van der Waals surface area contributed by atoms with E-state index in [4.69, 9.17) is 11.6 Å². The first-order valence-electron chi connectivity index (χ1n) is 10.8. The van der Waals surface area contributed by atoms with Crippen LogP contribution in [-0.4, -0.2) is 53.9 Å². The molecule has 1 aliphatic rings. The van der Waals surface area contributed by atoms with Gasteiger partial charge in [0.05, 0.1) is 6.20 Å². The summed E-state index contributed by atoms with van der Waals surface area (Å²) in [7, 11) is 2.15. The second kappa shape index (κ2) is 10.5. The monoisotopic (exact) mass is 462 g/mol. The molecular formula is C25H27ClN6O. The van der Waals surface area contributed by atoms with Crippen LogP contribution in [0.2, 0.25) is 5.02 Å². The molecule has 1 aromatic heterocycles. The summed E-state index contributed by atoms with van der Waals surface area (Å²) in [6.45, 7) is 7.74. The predicted octanol–water partition coefficient (Wildman–Crippen LogP) is 4.67. The van der Waals surface area contributed by atoms with Crippen molar-refractivity contribution >= 4 is 46.2 Å². The lowest BCUT2D eigenvalue weighted by molar-refractivity contribution is -0.114. The summed E-state index contributed by atoms with van der Waals surface area (Å²) in [4.78, 5) is 25.4. The average Bonchev–Trinajstić information content (AvgIpc) is 2.83. The Kier molecular flexibility index (Phi) is 7.22. The van der Waals surface area contributed by atoms with Gasteiger partial charge in [-0.15, -0.1) is 0 Å². The SMILES string of the molecule is C=CC(=O)Cc1ccccc1Nc1nc(Nc2ccc(N3CCN(C)CC3)cc2)ncc1Cl. The van der Waals surface area contributed by atoms with Gasteiger partial charge in [-0.2, -0.15) is 4.98 Å². The molecule has 3 aromatic rings. The minimum absolute atomic E-state index is 0.0552. The van der Waals surface area contributed by atoms with E-state index in [2.05, 4.69) is 56.2 Å². The van der Waals surface area contributed by atoms with Gasteiger partial charge < -0.3 is 20.4 Å². The van der Waals surface area contributed by atoms with Gasteiger partial charge in [-0.05, 0) is 49.0 Å². The third kappa shape index (κ3) is 5.88. The Balaban J connectivity index is 1.47. The zero-order valence-corrected chi connectivity index (χ0v) is 19.3. The van der Waals surface area contributed by atoms with E-state index in [9.17, 15) is 4.79 Å². The Morgan fingerprint density at radius 2 is 1.82 bits per heavy atom. The van der Waals surface area contributed by atoms with Crippen molar-refractivity contribution in [1.29, 1.82) is 0 Å². The maximum Gasteiger partial charge on any atom is 0.229 e. The minimum Gasteiger partial charge on any atom is -0.369 e. The highest BCUT2D eigenvalue weighted by molar-refractivity contribution is 6.32. The molecule has 2 heterocycles. The van der Waals surface area contributed by atoms with Crippen LogP contribution in [0.25, 0.3) is 0 Å². The number of hydrogen-bond acceptors (Lipinski definition) is 7. The maximum absolute atomic E-state index is 11.8. The fourth-order valence-corrected chi connectivity index (χ4v) is 3.79. The third-order valence-electron chi connectivity index (χ3n) is 5.60.